The zero-order valence-corrected chi connectivity index (χ0v) is 13.8. The molecule has 1 unspecified atom stereocenters. The Morgan fingerprint density at radius 3 is 2.57 bits per heavy atom. The van der Waals surface area contributed by atoms with Crippen LogP contribution in [0.3, 0.4) is 0 Å². The zero-order chi connectivity index (χ0) is 15.5. The number of nitrogens with one attached hydrogen (secondary N) is 1. The Morgan fingerprint density at radius 1 is 1.14 bits per heavy atom. The van der Waals surface area contributed by atoms with Crippen LogP contribution in [0, 0.1) is 6.92 Å². The Balaban J connectivity index is 2.24. The third kappa shape index (κ3) is 6.96. The van der Waals surface area contributed by atoms with Gasteiger partial charge in [0.1, 0.15) is 5.75 Å². The van der Waals surface area contributed by atoms with E-state index >= 15 is 0 Å². The summed E-state index contributed by atoms with van der Waals surface area (Å²) in [6, 6.07) is 5.91. The SMILES string of the molecule is CCCCCCCCNCC(O)c1cc(C)ccc1OC. The van der Waals surface area contributed by atoms with E-state index in [9.17, 15) is 5.11 Å². The minimum Gasteiger partial charge on any atom is -0.496 e. The fourth-order valence-electron chi connectivity index (χ4n) is 2.49. The van der Waals surface area contributed by atoms with Crippen LogP contribution in [0.25, 0.3) is 0 Å². The largest absolute Gasteiger partial charge is 0.496 e. The molecule has 0 radical (unpaired) electrons. The highest BCUT2D eigenvalue weighted by molar-refractivity contribution is 5.38. The molecule has 1 aromatic rings. The predicted octanol–water partition coefficient (Wildman–Crippen LogP) is 3.99. The van der Waals surface area contributed by atoms with Crippen LogP contribution in [-0.2, 0) is 0 Å². The number of aliphatic hydroxyl groups is 1. The fraction of sp³-hybridized carbons (Fsp3) is 0.667. The van der Waals surface area contributed by atoms with Gasteiger partial charge >= 0.3 is 0 Å². The summed E-state index contributed by atoms with van der Waals surface area (Å²) in [5.74, 6) is 0.759. The van der Waals surface area contributed by atoms with Crippen LogP contribution in [-0.4, -0.2) is 25.3 Å². The van der Waals surface area contributed by atoms with Crippen LogP contribution < -0.4 is 10.1 Å². The topological polar surface area (TPSA) is 41.5 Å². The Bertz CT molecular complexity index is 393. The molecule has 3 nitrogen and oxygen atoms in total. The van der Waals surface area contributed by atoms with Crippen molar-refractivity contribution in [3.63, 3.8) is 0 Å². The van der Waals surface area contributed by atoms with Crippen LogP contribution in [0.5, 0.6) is 5.75 Å². The molecule has 0 aliphatic heterocycles. The molecule has 0 heterocycles. The molecule has 21 heavy (non-hydrogen) atoms. The minimum atomic E-state index is -0.514. The van der Waals surface area contributed by atoms with Crippen molar-refractivity contribution in [2.75, 3.05) is 20.2 Å². The van der Waals surface area contributed by atoms with Gasteiger partial charge in [-0.15, -0.1) is 0 Å². The molecular formula is C18H31NO2. The van der Waals surface area contributed by atoms with E-state index in [4.69, 9.17) is 4.74 Å². The monoisotopic (exact) mass is 293 g/mol. The first-order valence-corrected chi connectivity index (χ1v) is 8.22. The van der Waals surface area contributed by atoms with Crippen molar-refractivity contribution in [1.29, 1.82) is 0 Å². The quantitative estimate of drug-likeness (QED) is 0.606. The molecule has 0 bridgehead atoms. The van der Waals surface area contributed by atoms with Gasteiger partial charge in [0.25, 0.3) is 0 Å². The summed E-state index contributed by atoms with van der Waals surface area (Å²) in [6.07, 6.45) is 7.25. The number of aryl methyl sites for hydroxylation is 1. The molecule has 0 aliphatic rings. The molecule has 0 saturated carbocycles. The maximum absolute atomic E-state index is 10.3. The molecule has 0 aromatic heterocycles. The summed E-state index contributed by atoms with van der Waals surface area (Å²) in [4.78, 5) is 0. The van der Waals surface area contributed by atoms with Gasteiger partial charge in [0.15, 0.2) is 0 Å². The average molecular weight is 293 g/mol. The lowest BCUT2D eigenvalue weighted by Gasteiger charge is -2.16. The van der Waals surface area contributed by atoms with Crippen LogP contribution in [0.2, 0.25) is 0 Å². The van der Waals surface area contributed by atoms with Crippen molar-refractivity contribution in [3.8, 4) is 5.75 Å². The molecular weight excluding hydrogens is 262 g/mol. The number of ether oxygens (including phenoxy) is 1. The lowest BCUT2D eigenvalue weighted by molar-refractivity contribution is 0.170. The summed E-state index contributed by atoms with van der Waals surface area (Å²) in [5.41, 5.74) is 2.01. The van der Waals surface area contributed by atoms with Crippen molar-refractivity contribution in [3.05, 3.63) is 29.3 Å². The number of aliphatic hydroxyl groups excluding tert-OH is 1. The molecule has 0 aliphatic carbocycles. The van der Waals surface area contributed by atoms with Crippen molar-refractivity contribution in [1.82, 2.24) is 5.32 Å². The first kappa shape index (κ1) is 18.0. The number of unbranched alkanes of at least 4 members (excludes halogenated alkanes) is 5. The molecule has 2 N–H and O–H groups in total. The highest BCUT2D eigenvalue weighted by atomic mass is 16.5. The van der Waals surface area contributed by atoms with Gasteiger partial charge in [-0.25, -0.2) is 0 Å². The Labute approximate surface area is 129 Å². The van der Waals surface area contributed by atoms with Crippen molar-refractivity contribution >= 4 is 0 Å². The molecule has 1 aromatic carbocycles. The molecule has 0 spiro atoms. The van der Waals surface area contributed by atoms with Crippen LogP contribution in [0.4, 0.5) is 0 Å². The summed E-state index contributed by atoms with van der Waals surface area (Å²) >= 11 is 0. The van der Waals surface area contributed by atoms with Crippen LogP contribution in [0.15, 0.2) is 18.2 Å². The third-order valence-electron chi connectivity index (χ3n) is 3.79. The predicted molar refractivity (Wildman–Crippen MR) is 88.9 cm³/mol. The van der Waals surface area contributed by atoms with Gasteiger partial charge in [-0.2, -0.15) is 0 Å². The van der Waals surface area contributed by atoms with Gasteiger partial charge in [0.05, 0.1) is 13.2 Å². The normalized spacial score (nSPS) is 12.4. The third-order valence-corrected chi connectivity index (χ3v) is 3.79. The van der Waals surface area contributed by atoms with E-state index in [2.05, 4.69) is 12.2 Å². The van der Waals surface area contributed by atoms with Crippen molar-refractivity contribution in [2.45, 2.75) is 58.5 Å². The summed E-state index contributed by atoms with van der Waals surface area (Å²) in [5, 5.41) is 13.6. The second-order valence-electron chi connectivity index (χ2n) is 5.73. The number of hydrogen-bond donors (Lipinski definition) is 2. The molecule has 1 atom stereocenters. The van der Waals surface area contributed by atoms with Crippen molar-refractivity contribution < 1.29 is 9.84 Å². The first-order valence-electron chi connectivity index (χ1n) is 8.22. The second kappa shape index (κ2) is 10.6. The smallest absolute Gasteiger partial charge is 0.124 e. The molecule has 3 heteroatoms. The average Bonchev–Trinajstić information content (AvgIpc) is 2.49. The van der Waals surface area contributed by atoms with E-state index in [-0.39, 0.29) is 0 Å². The highest BCUT2D eigenvalue weighted by Crippen LogP contribution is 2.25. The van der Waals surface area contributed by atoms with E-state index in [1.807, 2.05) is 25.1 Å². The number of benzene rings is 1. The molecule has 0 saturated heterocycles. The van der Waals surface area contributed by atoms with Gasteiger partial charge in [0.2, 0.25) is 0 Å². The van der Waals surface area contributed by atoms with Gasteiger partial charge in [-0.05, 0) is 32.0 Å². The Hall–Kier alpha value is -1.06. The fourth-order valence-corrected chi connectivity index (χ4v) is 2.49. The van der Waals surface area contributed by atoms with Gasteiger partial charge < -0.3 is 15.2 Å². The maximum atomic E-state index is 10.3. The van der Waals surface area contributed by atoms with E-state index in [0.29, 0.717) is 6.54 Å². The second-order valence-corrected chi connectivity index (χ2v) is 5.73. The number of hydrogen-bond acceptors (Lipinski definition) is 3. The van der Waals surface area contributed by atoms with Gasteiger partial charge in [-0.3, -0.25) is 0 Å². The summed E-state index contributed by atoms with van der Waals surface area (Å²) in [6.45, 7) is 5.81. The Morgan fingerprint density at radius 2 is 1.86 bits per heavy atom. The standard InChI is InChI=1S/C18H31NO2/c1-4-5-6-7-8-9-12-19-14-17(20)16-13-15(2)10-11-18(16)21-3/h10-11,13,17,19-20H,4-9,12,14H2,1-3H3. The minimum absolute atomic E-state index is 0.514. The van der Waals surface area contributed by atoms with E-state index < -0.39 is 6.10 Å². The summed E-state index contributed by atoms with van der Waals surface area (Å²) in [7, 11) is 1.64. The van der Waals surface area contributed by atoms with E-state index in [0.717, 1.165) is 23.4 Å². The maximum Gasteiger partial charge on any atom is 0.124 e. The van der Waals surface area contributed by atoms with E-state index in [1.165, 1.54) is 38.5 Å². The van der Waals surface area contributed by atoms with Crippen LogP contribution >= 0.6 is 0 Å². The van der Waals surface area contributed by atoms with Crippen molar-refractivity contribution in [2.24, 2.45) is 0 Å². The zero-order valence-electron chi connectivity index (χ0n) is 13.8. The lowest BCUT2D eigenvalue weighted by atomic mass is 10.0. The molecule has 0 fully saturated rings. The molecule has 120 valence electrons. The highest BCUT2D eigenvalue weighted by Gasteiger charge is 2.12. The van der Waals surface area contributed by atoms with E-state index in [1.54, 1.807) is 7.11 Å². The first-order chi connectivity index (χ1) is 10.2. The number of methoxy groups -OCH3 is 1. The van der Waals surface area contributed by atoms with Crippen LogP contribution in [0.1, 0.15) is 62.7 Å². The lowest BCUT2D eigenvalue weighted by Crippen LogP contribution is -2.23. The molecule has 1 rings (SSSR count). The van der Waals surface area contributed by atoms with Gasteiger partial charge in [-0.1, -0.05) is 50.7 Å². The number of rotatable bonds is 11. The summed E-state index contributed by atoms with van der Waals surface area (Å²) < 4.78 is 5.32. The Kier molecular flexibility index (Phi) is 9.11. The van der Waals surface area contributed by atoms with Gasteiger partial charge in [0, 0.05) is 12.1 Å². The molecule has 0 amide bonds.